The third-order valence-corrected chi connectivity index (χ3v) is 4.63. The van der Waals surface area contributed by atoms with Crippen molar-refractivity contribution in [1.29, 1.82) is 0 Å². The van der Waals surface area contributed by atoms with Crippen molar-refractivity contribution in [3.63, 3.8) is 0 Å². The van der Waals surface area contributed by atoms with E-state index >= 15 is 0 Å². The standard InChI is InChI=1S/C14H11N3O8S/c1-25-14(18)10-4-2-3-5-11(10)15-26(23,24)13-7-6-9(16(19)20)8-12(13)17(21)22/h2-8,15H,1H3. The number of nitrogens with zero attached hydrogens (tertiary/aromatic N) is 2. The summed E-state index contributed by atoms with van der Waals surface area (Å²) in [6.07, 6.45) is 0. The van der Waals surface area contributed by atoms with E-state index in [4.69, 9.17) is 0 Å². The van der Waals surface area contributed by atoms with Crippen LogP contribution < -0.4 is 4.72 Å². The van der Waals surface area contributed by atoms with E-state index in [1.807, 2.05) is 0 Å². The Morgan fingerprint density at radius 2 is 1.73 bits per heavy atom. The summed E-state index contributed by atoms with van der Waals surface area (Å²) in [7, 11) is -3.41. The van der Waals surface area contributed by atoms with Crippen LogP contribution in [0.4, 0.5) is 17.1 Å². The van der Waals surface area contributed by atoms with Gasteiger partial charge in [-0.3, -0.25) is 25.0 Å². The van der Waals surface area contributed by atoms with Gasteiger partial charge in [0.2, 0.25) is 0 Å². The number of anilines is 1. The van der Waals surface area contributed by atoms with E-state index in [1.165, 1.54) is 24.3 Å². The quantitative estimate of drug-likeness (QED) is 0.452. The number of non-ortho nitro benzene ring substituents is 1. The Morgan fingerprint density at radius 1 is 1.08 bits per heavy atom. The van der Waals surface area contributed by atoms with Crippen LogP contribution in [-0.2, 0) is 14.8 Å². The first-order valence-electron chi connectivity index (χ1n) is 6.80. The number of hydrogen-bond donors (Lipinski definition) is 1. The summed E-state index contributed by atoms with van der Waals surface area (Å²) < 4.78 is 31.7. The van der Waals surface area contributed by atoms with Gasteiger partial charge in [-0.25, -0.2) is 13.2 Å². The molecule has 0 fully saturated rings. The highest BCUT2D eigenvalue weighted by Gasteiger charge is 2.29. The molecule has 0 aliphatic carbocycles. The van der Waals surface area contributed by atoms with Crippen LogP contribution in [0.3, 0.4) is 0 Å². The number of ether oxygens (including phenoxy) is 1. The van der Waals surface area contributed by atoms with Gasteiger partial charge in [0.25, 0.3) is 21.4 Å². The van der Waals surface area contributed by atoms with Crippen molar-refractivity contribution < 1.29 is 27.8 Å². The number of methoxy groups -OCH3 is 1. The number of carbonyl (C=O) groups excluding carboxylic acids is 1. The Hall–Kier alpha value is -3.54. The van der Waals surface area contributed by atoms with E-state index in [0.29, 0.717) is 6.07 Å². The molecule has 0 bridgehead atoms. The molecule has 0 radical (unpaired) electrons. The van der Waals surface area contributed by atoms with Crippen molar-refractivity contribution in [1.82, 2.24) is 0 Å². The van der Waals surface area contributed by atoms with Crippen LogP contribution in [-0.4, -0.2) is 31.3 Å². The van der Waals surface area contributed by atoms with E-state index in [2.05, 4.69) is 9.46 Å². The lowest BCUT2D eigenvalue weighted by Gasteiger charge is -2.11. The minimum atomic E-state index is -4.52. The molecule has 0 saturated heterocycles. The van der Waals surface area contributed by atoms with E-state index in [1.54, 1.807) is 0 Å². The van der Waals surface area contributed by atoms with Gasteiger partial charge in [0.1, 0.15) is 0 Å². The fourth-order valence-corrected chi connectivity index (χ4v) is 3.28. The number of benzene rings is 2. The Balaban J connectivity index is 2.54. The third kappa shape index (κ3) is 3.75. The van der Waals surface area contributed by atoms with Gasteiger partial charge >= 0.3 is 5.97 Å². The minimum absolute atomic E-state index is 0.108. The maximum Gasteiger partial charge on any atom is 0.339 e. The zero-order valence-corrected chi connectivity index (χ0v) is 13.9. The fourth-order valence-electron chi connectivity index (χ4n) is 2.05. The minimum Gasteiger partial charge on any atom is -0.465 e. The molecule has 0 spiro atoms. The van der Waals surface area contributed by atoms with E-state index in [9.17, 15) is 33.4 Å². The zero-order valence-electron chi connectivity index (χ0n) is 13.1. The van der Waals surface area contributed by atoms with E-state index in [-0.39, 0.29) is 11.3 Å². The number of hydrogen-bond acceptors (Lipinski definition) is 8. The largest absolute Gasteiger partial charge is 0.465 e. The average molecular weight is 381 g/mol. The second kappa shape index (κ2) is 7.14. The highest BCUT2D eigenvalue weighted by atomic mass is 32.2. The fraction of sp³-hybridized carbons (Fsp3) is 0.0714. The third-order valence-electron chi connectivity index (χ3n) is 3.22. The number of rotatable bonds is 6. The number of sulfonamides is 1. The van der Waals surface area contributed by atoms with Crippen LogP contribution in [0, 0.1) is 20.2 Å². The maximum absolute atomic E-state index is 12.5. The Morgan fingerprint density at radius 3 is 2.31 bits per heavy atom. The molecule has 2 aromatic rings. The first-order valence-corrected chi connectivity index (χ1v) is 8.28. The van der Waals surface area contributed by atoms with Gasteiger partial charge < -0.3 is 4.74 Å². The lowest BCUT2D eigenvalue weighted by Crippen LogP contribution is -2.17. The van der Waals surface area contributed by atoms with Crippen molar-refractivity contribution in [2.45, 2.75) is 4.90 Å². The molecule has 0 unspecified atom stereocenters. The molecule has 26 heavy (non-hydrogen) atoms. The van der Waals surface area contributed by atoms with Crippen molar-refractivity contribution in [2.24, 2.45) is 0 Å². The predicted octanol–water partition coefficient (Wildman–Crippen LogP) is 2.09. The van der Waals surface area contributed by atoms with Crippen LogP contribution in [0.1, 0.15) is 10.4 Å². The smallest absolute Gasteiger partial charge is 0.339 e. The summed E-state index contributed by atoms with van der Waals surface area (Å²) in [5.74, 6) is -0.818. The summed E-state index contributed by atoms with van der Waals surface area (Å²) in [4.78, 5) is 30.9. The van der Waals surface area contributed by atoms with Crippen LogP contribution >= 0.6 is 0 Å². The number of carbonyl (C=O) groups is 1. The van der Waals surface area contributed by atoms with E-state index in [0.717, 1.165) is 19.2 Å². The lowest BCUT2D eigenvalue weighted by atomic mass is 10.2. The highest BCUT2D eigenvalue weighted by molar-refractivity contribution is 7.92. The van der Waals surface area contributed by atoms with Gasteiger partial charge in [0.05, 0.1) is 34.3 Å². The molecule has 0 heterocycles. The number of esters is 1. The lowest BCUT2D eigenvalue weighted by molar-refractivity contribution is -0.396. The van der Waals surface area contributed by atoms with Crippen molar-refractivity contribution in [3.8, 4) is 0 Å². The van der Waals surface area contributed by atoms with Gasteiger partial charge in [0.15, 0.2) is 4.90 Å². The molecular weight excluding hydrogens is 370 g/mol. The zero-order chi connectivity index (χ0) is 19.5. The van der Waals surface area contributed by atoms with Gasteiger partial charge in [-0.2, -0.15) is 0 Å². The molecule has 0 saturated carbocycles. The number of nitro groups is 2. The molecule has 0 atom stereocenters. The van der Waals surface area contributed by atoms with Gasteiger partial charge in [-0.15, -0.1) is 0 Å². The van der Waals surface area contributed by atoms with Crippen LogP contribution in [0.2, 0.25) is 0 Å². The number of nitro benzene ring substituents is 2. The Labute approximate surface area is 146 Å². The monoisotopic (exact) mass is 381 g/mol. The van der Waals surface area contributed by atoms with Crippen molar-refractivity contribution in [2.75, 3.05) is 11.8 Å². The summed E-state index contributed by atoms with van der Waals surface area (Å²) in [6.45, 7) is 0. The summed E-state index contributed by atoms with van der Waals surface area (Å²) in [5, 5.41) is 21.9. The highest BCUT2D eigenvalue weighted by Crippen LogP contribution is 2.30. The van der Waals surface area contributed by atoms with Crippen LogP contribution in [0.25, 0.3) is 0 Å². The molecule has 0 aromatic heterocycles. The molecule has 0 aliphatic heterocycles. The second-order valence-electron chi connectivity index (χ2n) is 4.81. The first kappa shape index (κ1) is 18.8. The molecule has 11 nitrogen and oxygen atoms in total. The topological polar surface area (TPSA) is 159 Å². The molecule has 0 aliphatic rings. The number of nitrogens with one attached hydrogen (secondary N) is 1. The van der Waals surface area contributed by atoms with Crippen molar-refractivity contribution >= 4 is 33.1 Å². The van der Waals surface area contributed by atoms with Gasteiger partial charge in [-0.1, -0.05) is 12.1 Å². The van der Waals surface area contributed by atoms with Crippen LogP contribution in [0.15, 0.2) is 47.4 Å². The molecule has 12 heteroatoms. The van der Waals surface area contributed by atoms with Gasteiger partial charge in [0, 0.05) is 6.07 Å². The van der Waals surface area contributed by atoms with Gasteiger partial charge in [-0.05, 0) is 18.2 Å². The molecular formula is C14H11N3O8S. The molecule has 0 amide bonds. The molecule has 136 valence electrons. The van der Waals surface area contributed by atoms with Crippen LogP contribution in [0.5, 0.6) is 0 Å². The summed E-state index contributed by atoms with van der Waals surface area (Å²) in [5.41, 5.74) is -1.87. The summed E-state index contributed by atoms with van der Waals surface area (Å²) in [6, 6.07) is 7.59. The predicted molar refractivity (Wildman–Crippen MR) is 88.3 cm³/mol. The van der Waals surface area contributed by atoms with E-state index < -0.39 is 42.1 Å². The average Bonchev–Trinajstić information content (AvgIpc) is 2.60. The Bertz CT molecular complexity index is 1000. The summed E-state index contributed by atoms with van der Waals surface area (Å²) >= 11 is 0. The van der Waals surface area contributed by atoms with Crippen molar-refractivity contribution in [3.05, 3.63) is 68.3 Å². The Kier molecular flexibility index (Phi) is 5.16. The normalized spacial score (nSPS) is 10.8. The SMILES string of the molecule is COC(=O)c1ccccc1NS(=O)(=O)c1ccc([N+](=O)[O-])cc1[N+](=O)[O-]. The molecule has 2 aromatic carbocycles. The maximum atomic E-state index is 12.5. The second-order valence-corrected chi connectivity index (χ2v) is 6.46. The first-order chi connectivity index (χ1) is 12.2. The molecule has 2 rings (SSSR count). The number of para-hydroxylation sites is 1. The molecule has 1 N–H and O–H groups in total.